The molecule has 0 aliphatic carbocycles. The standard InChI is InChI=1S/C12H16N2O2/c1-2-3-6-9-13-10-11-7-4-5-8-12(11)14(15)16/h2-5,7-8,13H,6,9-10H2,1H3/b3-2+. The van der Waals surface area contributed by atoms with Crippen molar-refractivity contribution in [2.75, 3.05) is 6.54 Å². The Morgan fingerprint density at radius 2 is 2.19 bits per heavy atom. The number of benzene rings is 1. The van der Waals surface area contributed by atoms with Crippen LogP contribution in [0.25, 0.3) is 0 Å². The van der Waals surface area contributed by atoms with E-state index >= 15 is 0 Å². The summed E-state index contributed by atoms with van der Waals surface area (Å²) in [6.07, 6.45) is 5.00. The maximum absolute atomic E-state index is 10.7. The quantitative estimate of drug-likeness (QED) is 0.347. The van der Waals surface area contributed by atoms with Gasteiger partial charge in [-0.1, -0.05) is 30.4 Å². The lowest BCUT2D eigenvalue weighted by atomic mass is 10.2. The first-order chi connectivity index (χ1) is 7.75. The van der Waals surface area contributed by atoms with Crippen LogP contribution in [0.3, 0.4) is 0 Å². The summed E-state index contributed by atoms with van der Waals surface area (Å²) >= 11 is 0. The molecule has 0 heterocycles. The molecule has 0 saturated carbocycles. The van der Waals surface area contributed by atoms with E-state index in [4.69, 9.17) is 0 Å². The molecule has 86 valence electrons. The second-order valence-corrected chi connectivity index (χ2v) is 3.42. The minimum absolute atomic E-state index is 0.182. The molecule has 0 fully saturated rings. The second-order valence-electron chi connectivity index (χ2n) is 3.42. The van der Waals surface area contributed by atoms with Gasteiger partial charge in [-0.2, -0.15) is 0 Å². The highest BCUT2D eigenvalue weighted by Crippen LogP contribution is 2.16. The van der Waals surface area contributed by atoms with Crippen molar-refractivity contribution in [3.8, 4) is 0 Å². The number of nitro groups is 1. The summed E-state index contributed by atoms with van der Waals surface area (Å²) < 4.78 is 0. The van der Waals surface area contributed by atoms with Crippen molar-refractivity contribution in [1.82, 2.24) is 5.32 Å². The van der Waals surface area contributed by atoms with E-state index in [1.165, 1.54) is 6.07 Å². The van der Waals surface area contributed by atoms with E-state index in [-0.39, 0.29) is 10.6 Å². The molecule has 4 heteroatoms. The van der Waals surface area contributed by atoms with Crippen LogP contribution in [0.5, 0.6) is 0 Å². The van der Waals surface area contributed by atoms with Gasteiger partial charge in [0.2, 0.25) is 0 Å². The van der Waals surface area contributed by atoms with Crippen LogP contribution in [-0.2, 0) is 6.54 Å². The van der Waals surface area contributed by atoms with Crippen LogP contribution in [-0.4, -0.2) is 11.5 Å². The molecule has 1 N–H and O–H groups in total. The Labute approximate surface area is 95.1 Å². The van der Waals surface area contributed by atoms with Gasteiger partial charge in [0, 0.05) is 18.2 Å². The van der Waals surface area contributed by atoms with Gasteiger partial charge in [0.05, 0.1) is 4.92 Å². The number of para-hydroxylation sites is 1. The molecule has 0 radical (unpaired) electrons. The van der Waals surface area contributed by atoms with Gasteiger partial charge >= 0.3 is 0 Å². The van der Waals surface area contributed by atoms with Gasteiger partial charge in [0.15, 0.2) is 0 Å². The van der Waals surface area contributed by atoms with Crippen LogP contribution in [0, 0.1) is 10.1 Å². The van der Waals surface area contributed by atoms with Gasteiger partial charge in [0.25, 0.3) is 5.69 Å². The Balaban J connectivity index is 2.50. The van der Waals surface area contributed by atoms with Crippen molar-refractivity contribution in [1.29, 1.82) is 0 Å². The topological polar surface area (TPSA) is 55.2 Å². The van der Waals surface area contributed by atoms with Gasteiger partial charge < -0.3 is 5.32 Å². The van der Waals surface area contributed by atoms with E-state index in [9.17, 15) is 10.1 Å². The summed E-state index contributed by atoms with van der Waals surface area (Å²) in [6.45, 7) is 3.34. The summed E-state index contributed by atoms with van der Waals surface area (Å²) in [4.78, 5) is 10.4. The summed E-state index contributed by atoms with van der Waals surface area (Å²) in [5, 5.41) is 13.9. The lowest BCUT2D eigenvalue weighted by Gasteiger charge is -2.03. The van der Waals surface area contributed by atoms with E-state index in [2.05, 4.69) is 11.4 Å². The number of nitrogens with zero attached hydrogens (tertiary/aromatic N) is 1. The Morgan fingerprint density at radius 1 is 1.44 bits per heavy atom. The molecule has 0 atom stereocenters. The first-order valence-corrected chi connectivity index (χ1v) is 5.30. The van der Waals surface area contributed by atoms with Crippen molar-refractivity contribution < 1.29 is 4.92 Å². The third-order valence-electron chi connectivity index (χ3n) is 2.23. The highest BCUT2D eigenvalue weighted by molar-refractivity contribution is 5.39. The largest absolute Gasteiger partial charge is 0.312 e. The average Bonchev–Trinajstić information content (AvgIpc) is 2.29. The van der Waals surface area contributed by atoms with Crippen LogP contribution >= 0.6 is 0 Å². The molecule has 0 aliphatic rings. The molecular formula is C12H16N2O2. The third kappa shape index (κ3) is 3.82. The molecule has 0 aliphatic heterocycles. The molecule has 1 aromatic rings. The highest BCUT2D eigenvalue weighted by Gasteiger charge is 2.10. The second kappa shape index (κ2) is 6.74. The highest BCUT2D eigenvalue weighted by atomic mass is 16.6. The SMILES string of the molecule is C/C=C/CCNCc1ccccc1[N+](=O)[O-]. The molecule has 0 saturated heterocycles. The number of hydrogen-bond acceptors (Lipinski definition) is 3. The Bertz CT molecular complexity index is 375. The van der Waals surface area contributed by atoms with Crippen LogP contribution in [0.15, 0.2) is 36.4 Å². The lowest BCUT2D eigenvalue weighted by molar-refractivity contribution is -0.385. The first kappa shape index (κ1) is 12.4. The zero-order valence-corrected chi connectivity index (χ0v) is 9.35. The normalized spacial score (nSPS) is 10.8. The van der Waals surface area contributed by atoms with Crippen molar-refractivity contribution in [2.24, 2.45) is 0 Å². The molecule has 0 amide bonds. The van der Waals surface area contributed by atoms with Crippen LogP contribution in [0.1, 0.15) is 18.9 Å². The summed E-state index contributed by atoms with van der Waals surface area (Å²) in [7, 11) is 0. The van der Waals surface area contributed by atoms with Crippen molar-refractivity contribution in [2.45, 2.75) is 19.9 Å². The average molecular weight is 220 g/mol. The monoisotopic (exact) mass is 220 g/mol. The number of allylic oxidation sites excluding steroid dienone is 1. The predicted molar refractivity (Wildman–Crippen MR) is 64.2 cm³/mol. The van der Waals surface area contributed by atoms with Gasteiger partial charge in [-0.3, -0.25) is 10.1 Å². The van der Waals surface area contributed by atoms with Gasteiger partial charge in [-0.15, -0.1) is 0 Å². The summed E-state index contributed by atoms with van der Waals surface area (Å²) in [6, 6.07) is 6.81. The molecule has 0 spiro atoms. The molecule has 0 aromatic heterocycles. The van der Waals surface area contributed by atoms with E-state index in [1.807, 2.05) is 19.1 Å². The molecule has 1 rings (SSSR count). The Morgan fingerprint density at radius 3 is 2.88 bits per heavy atom. The third-order valence-corrected chi connectivity index (χ3v) is 2.23. The van der Waals surface area contributed by atoms with Gasteiger partial charge in [-0.25, -0.2) is 0 Å². The summed E-state index contributed by atoms with van der Waals surface area (Å²) in [5.74, 6) is 0. The van der Waals surface area contributed by atoms with Gasteiger partial charge in [-0.05, 0) is 19.9 Å². The number of rotatable bonds is 6. The molecule has 4 nitrogen and oxygen atoms in total. The maximum Gasteiger partial charge on any atom is 0.273 e. The zero-order chi connectivity index (χ0) is 11.8. The minimum atomic E-state index is -0.344. The number of nitrogens with one attached hydrogen (secondary N) is 1. The Hall–Kier alpha value is -1.68. The van der Waals surface area contributed by atoms with Crippen LogP contribution in [0.2, 0.25) is 0 Å². The smallest absolute Gasteiger partial charge is 0.273 e. The maximum atomic E-state index is 10.7. The number of nitro benzene ring substituents is 1. The molecule has 0 unspecified atom stereocenters. The van der Waals surface area contributed by atoms with Crippen molar-refractivity contribution in [3.05, 3.63) is 52.1 Å². The fraction of sp³-hybridized carbons (Fsp3) is 0.333. The number of hydrogen-bond donors (Lipinski definition) is 1. The van der Waals surface area contributed by atoms with E-state index in [0.717, 1.165) is 18.5 Å². The van der Waals surface area contributed by atoms with E-state index in [0.29, 0.717) is 6.54 Å². The van der Waals surface area contributed by atoms with E-state index in [1.54, 1.807) is 12.1 Å². The van der Waals surface area contributed by atoms with Crippen molar-refractivity contribution in [3.63, 3.8) is 0 Å². The first-order valence-electron chi connectivity index (χ1n) is 5.30. The molecule has 16 heavy (non-hydrogen) atoms. The van der Waals surface area contributed by atoms with E-state index < -0.39 is 0 Å². The van der Waals surface area contributed by atoms with Crippen LogP contribution in [0.4, 0.5) is 5.69 Å². The zero-order valence-electron chi connectivity index (χ0n) is 9.35. The van der Waals surface area contributed by atoms with Crippen LogP contribution < -0.4 is 5.32 Å². The summed E-state index contributed by atoms with van der Waals surface area (Å²) in [5.41, 5.74) is 0.911. The van der Waals surface area contributed by atoms with Crippen molar-refractivity contribution >= 4 is 5.69 Å². The predicted octanol–water partition coefficient (Wildman–Crippen LogP) is 2.65. The molecular weight excluding hydrogens is 204 g/mol. The fourth-order valence-corrected chi connectivity index (χ4v) is 1.41. The van der Waals surface area contributed by atoms with Gasteiger partial charge in [0.1, 0.15) is 0 Å². The molecule has 0 bridgehead atoms. The fourth-order valence-electron chi connectivity index (χ4n) is 1.41. The Kier molecular flexibility index (Phi) is 5.22. The lowest BCUT2D eigenvalue weighted by Crippen LogP contribution is -2.15. The minimum Gasteiger partial charge on any atom is -0.312 e. The molecule has 1 aromatic carbocycles.